The third kappa shape index (κ3) is 2.56. The molecule has 1 fully saturated rings. The maximum atomic E-state index is 10.6. The van der Waals surface area contributed by atoms with Gasteiger partial charge in [0.2, 0.25) is 0 Å². The number of benzene rings is 1. The molecule has 0 aromatic heterocycles. The molecule has 1 aliphatic heterocycles. The molecule has 0 radical (unpaired) electrons. The average Bonchev–Trinajstić information content (AvgIpc) is 2.64. The van der Waals surface area contributed by atoms with Crippen LogP contribution < -0.4 is 5.73 Å². The second-order valence-corrected chi connectivity index (χ2v) is 4.21. The Morgan fingerprint density at radius 1 is 1.56 bits per heavy atom. The summed E-state index contributed by atoms with van der Waals surface area (Å²) < 4.78 is 0. The third-order valence-corrected chi connectivity index (χ3v) is 2.84. The molecule has 5 heteroatoms. The molecule has 0 amide bonds. The van der Waals surface area contributed by atoms with E-state index < -0.39 is 0 Å². The minimum atomic E-state index is -0.362. The van der Waals surface area contributed by atoms with Crippen molar-refractivity contribution < 1.29 is 4.92 Å². The second kappa shape index (κ2) is 4.59. The summed E-state index contributed by atoms with van der Waals surface area (Å²) in [7, 11) is 0. The molecule has 2 rings (SSSR count). The van der Waals surface area contributed by atoms with Gasteiger partial charge in [0.15, 0.2) is 0 Å². The van der Waals surface area contributed by atoms with Crippen LogP contribution in [0.4, 0.5) is 5.69 Å². The van der Waals surface area contributed by atoms with E-state index in [-0.39, 0.29) is 16.7 Å². The van der Waals surface area contributed by atoms with Crippen molar-refractivity contribution in [2.24, 2.45) is 5.73 Å². The molecule has 16 heavy (non-hydrogen) atoms. The van der Waals surface area contributed by atoms with Crippen molar-refractivity contribution in [3.63, 3.8) is 0 Å². The van der Waals surface area contributed by atoms with Crippen molar-refractivity contribution in [3.05, 3.63) is 39.9 Å². The highest BCUT2D eigenvalue weighted by atomic mass is 16.6. The SMILES string of the molecule is N[C@H]1CCN(Cc2cccc([N+](=O)[O-])c2)C1. The van der Waals surface area contributed by atoms with Crippen molar-refractivity contribution in [1.29, 1.82) is 0 Å². The van der Waals surface area contributed by atoms with Gasteiger partial charge in [-0.2, -0.15) is 0 Å². The Bertz CT molecular complexity index is 395. The van der Waals surface area contributed by atoms with E-state index in [0.717, 1.165) is 31.6 Å². The van der Waals surface area contributed by atoms with Crippen molar-refractivity contribution in [3.8, 4) is 0 Å². The summed E-state index contributed by atoms with van der Waals surface area (Å²) in [5.74, 6) is 0. The maximum Gasteiger partial charge on any atom is 0.269 e. The molecule has 1 saturated heterocycles. The number of nitro groups is 1. The first-order valence-corrected chi connectivity index (χ1v) is 5.36. The Kier molecular flexibility index (Phi) is 3.17. The lowest BCUT2D eigenvalue weighted by Gasteiger charge is -2.14. The van der Waals surface area contributed by atoms with Gasteiger partial charge in [-0.1, -0.05) is 12.1 Å². The molecule has 0 bridgehead atoms. The van der Waals surface area contributed by atoms with E-state index in [4.69, 9.17) is 5.73 Å². The molecule has 2 N–H and O–H groups in total. The van der Waals surface area contributed by atoms with Crippen LogP contribution in [0.1, 0.15) is 12.0 Å². The minimum Gasteiger partial charge on any atom is -0.326 e. The Balaban J connectivity index is 2.04. The lowest BCUT2D eigenvalue weighted by atomic mass is 10.2. The van der Waals surface area contributed by atoms with Gasteiger partial charge in [0.05, 0.1) is 4.92 Å². The van der Waals surface area contributed by atoms with Crippen LogP contribution in [-0.2, 0) is 6.54 Å². The normalized spacial score (nSPS) is 21.2. The molecule has 1 aliphatic rings. The number of non-ortho nitro benzene ring substituents is 1. The van der Waals surface area contributed by atoms with Gasteiger partial charge in [-0.3, -0.25) is 15.0 Å². The van der Waals surface area contributed by atoms with E-state index in [1.807, 2.05) is 6.07 Å². The number of nitrogens with two attached hydrogens (primary N) is 1. The van der Waals surface area contributed by atoms with E-state index in [9.17, 15) is 10.1 Å². The lowest BCUT2D eigenvalue weighted by Crippen LogP contribution is -2.26. The summed E-state index contributed by atoms with van der Waals surface area (Å²) in [6, 6.07) is 7.03. The molecule has 0 spiro atoms. The second-order valence-electron chi connectivity index (χ2n) is 4.21. The molecular weight excluding hydrogens is 206 g/mol. The highest BCUT2D eigenvalue weighted by Gasteiger charge is 2.19. The summed E-state index contributed by atoms with van der Waals surface area (Å²) in [5.41, 5.74) is 6.94. The maximum absolute atomic E-state index is 10.6. The lowest BCUT2D eigenvalue weighted by molar-refractivity contribution is -0.384. The predicted molar refractivity (Wildman–Crippen MR) is 61.0 cm³/mol. The van der Waals surface area contributed by atoms with Crippen LogP contribution >= 0.6 is 0 Å². The molecule has 1 aromatic carbocycles. The van der Waals surface area contributed by atoms with E-state index in [2.05, 4.69) is 4.90 Å². The first-order valence-electron chi connectivity index (χ1n) is 5.36. The molecular formula is C11H15N3O2. The molecule has 1 atom stereocenters. The summed E-state index contributed by atoms with van der Waals surface area (Å²) in [6.45, 7) is 2.60. The number of hydrogen-bond acceptors (Lipinski definition) is 4. The molecule has 1 heterocycles. The minimum absolute atomic E-state index is 0.154. The number of hydrogen-bond donors (Lipinski definition) is 1. The van der Waals surface area contributed by atoms with Crippen molar-refractivity contribution in [2.75, 3.05) is 13.1 Å². The van der Waals surface area contributed by atoms with Gasteiger partial charge in [-0.25, -0.2) is 0 Å². The van der Waals surface area contributed by atoms with Gasteiger partial charge in [-0.15, -0.1) is 0 Å². The highest BCUT2D eigenvalue weighted by Crippen LogP contribution is 2.17. The molecule has 5 nitrogen and oxygen atoms in total. The zero-order chi connectivity index (χ0) is 11.5. The first-order chi connectivity index (χ1) is 7.65. The summed E-state index contributed by atoms with van der Waals surface area (Å²) in [6.07, 6.45) is 1.01. The standard InChI is InChI=1S/C11H15N3O2/c12-10-4-5-13(8-10)7-9-2-1-3-11(6-9)14(15)16/h1-3,6,10H,4-5,7-8,12H2/t10-/m0/s1. The summed E-state index contributed by atoms with van der Waals surface area (Å²) in [5, 5.41) is 10.6. The van der Waals surface area contributed by atoms with E-state index in [1.54, 1.807) is 12.1 Å². The van der Waals surface area contributed by atoms with Crippen LogP contribution in [0.15, 0.2) is 24.3 Å². The van der Waals surface area contributed by atoms with Crippen LogP contribution in [0.3, 0.4) is 0 Å². The molecule has 0 aliphatic carbocycles. The number of nitrogens with zero attached hydrogens (tertiary/aromatic N) is 2. The zero-order valence-electron chi connectivity index (χ0n) is 9.00. The quantitative estimate of drug-likeness (QED) is 0.613. The number of nitro benzene ring substituents is 1. The van der Waals surface area contributed by atoms with Crippen LogP contribution in [0.2, 0.25) is 0 Å². The highest BCUT2D eigenvalue weighted by molar-refractivity contribution is 5.34. The van der Waals surface area contributed by atoms with Crippen LogP contribution in [0.5, 0.6) is 0 Å². The molecule has 1 aromatic rings. The zero-order valence-corrected chi connectivity index (χ0v) is 9.00. The van der Waals surface area contributed by atoms with E-state index >= 15 is 0 Å². The molecule has 0 saturated carbocycles. The molecule has 0 unspecified atom stereocenters. The Hall–Kier alpha value is -1.46. The summed E-state index contributed by atoms with van der Waals surface area (Å²) in [4.78, 5) is 12.5. The van der Waals surface area contributed by atoms with Crippen molar-refractivity contribution in [1.82, 2.24) is 4.90 Å². The number of rotatable bonds is 3. The van der Waals surface area contributed by atoms with Gasteiger partial charge in [-0.05, 0) is 12.0 Å². The van der Waals surface area contributed by atoms with E-state index in [1.165, 1.54) is 6.07 Å². The van der Waals surface area contributed by atoms with E-state index in [0.29, 0.717) is 0 Å². The van der Waals surface area contributed by atoms with Crippen LogP contribution in [0.25, 0.3) is 0 Å². The smallest absolute Gasteiger partial charge is 0.269 e. The van der Waals surface area contributed by atoms with Crippen LogP contribution in [-0.4, -0.2) is 29.0 Å². The fourth-order valence-electron chi connectivity index (χ4n) is 2.03. The monoisotopic (exact) mass is 221 g/mol. The van der Waals surface area contributed by atoms with Gasteiger partial charge in [0, 0.05) is 37.8 Å². The van der Waals surface area contributed by atoms with Crippen LogP contribution in [0, 0.1) is 10.1 Å². The van der Waals surface area contributed by atoms with Gasteiger partial charge >= 0.3 is 0 Å². The fourth-order valence-corrected chi connectivity index (χ4v) is 2.03. The Labute approximate surface area is 94.0 Å². The number of likely N-dealkylation sites (tertiary alicyclic amines) is 1. The molecule has 86 valence electrons. The van der Waals surface area contributed by atoms with Crippen molar-refractivity contribution in [2.45, 2.75) is 19.0 Å². The Morgan fingerprint density at radius 2 is 2.38 bits per heavy atom. The fraction of sp³-hybridized carbons (Fsp3) is 0.455. The largest absolute Gasteiger partial charge is 0.326 e. The van der Waals surface area contributed by atoms with Gasteiger partial charge < -0.3 is 5.73 Å². The first kappa shape index (κ1) is 11.0. The average molecular weight is 221 g/mol. The predicted octanol–water partition coefficient (Wildman–Crippen LogP) is 1.13. The van der Waals surface area contributed by atoms with Crippen molar-refractivity contribution >= 4 is 5.69 Å². The van der Waals surface area contributed by atoms with Gasteiger partial charge in [0.1, 0.15) is 0 Å². The third-order valence-electron chi connectivity index (χ3n) is 2.84. The topological polar surface area (TPSA) is 72.4 Å². The Morgan fingerprint density at radius 3 is 3.00 bits per heavy atom. The summed E-state index contributed by atoms with van der Waals surface area (Å²) >= 11 is 0. The van der Waals surface area contributed by atoms with Gasteiger partial charge in [0.25, 0.3) is 5.69 Å².